The largest absolute Gasteiger partial charge is 0.465 e. The predicted molar refractivity (Wildman–Crippen MR) is 124 cm³/mol. The van der Waals surface area contributed by atoms with Crippen LogP contribution in [0.4, 0.5) is 5.69 Å². The van der Waals surface area contributed by atoms with Crippen LogP contribution in [-0.2, 0) is 14.8 Å². The van der Waals surface area contributed by atoms with E-state index in [4.69, 9.17) is 12.2 Å². The van der Waals surface area contributed by atoms with Crippen molar-refractivity contribution < 1.29 is 22.7 Å². The fourth-order valence-electron chi connectivity index (χ4n) is 3.10. The maximum atomic E-state index is 12.8. The number of benzene rings is 2. The molecule has 1 fully saturated rings. The van der Waals surface area contributed by atoms with E-state index in [2.05, 4.69) is 20.3 Å². The fraction of sp³-hybridized carbons (Fsp3) is 0.286. The number of nitrogens with one attached hydrogen (secondary N) is 2. The predicted octanol–water partition coefficient (Wildman–Crippen LogP) is 1.54. The molecule has 170 valence electrons. The Morgan fingerprint density at radius 2 is 1.50 bits per heavy atom. The Labute approximate surface area is 192 Å². The number of methoxy groups -OCH3 is 1. The van der Waals surface area contributed by atoms with Gasteiger partial charge in [-0.1, -0.05) is 0 Å². The van der Waals surface area contributed by atoms with Gasteiger partial charge in [-0.15, -0.1) is 0 Å². The molecule has 0 saturated carbocycles. The summed E-state index contributed by atoms with van der Waals surface area (Å²) in [6.07, 6.45) is 0. The van der Waals surface area contributed by atoms with Crippen LogP contribution >= 0.6 is 12.2 Å². The number of nitrogens with zero attached hydrogens (tertiary/aromatic N) is 2. The molecule has 11 heteroatoms. The molecular weight excluding hydrogens is 452 g/mol. The third kappa shape index (κ3) is 5.68. The number of piperazine rings is 1. The molecule has 0 atom stereocenters. The second-order valence-corrected chi connectivity index (χ2v) is 9.56. The van der Waals surface area contributed by atoms with Gasteiger partial charge in [0.2, 0.25) is 10.0 Å². The summed E-state index contributed by atoms with van der Waals surface area (Å²) in [6.45, 7) is 2.29. The quantitative estimate of drug-likeness (QED) is 0.494. The lowest BCUT2D eigenvalue weighted by Crippen LogP contribution is -2.46. The summed E-state index contributed by atoms with van der Waals surface area (Å²) in [7, 11) is -0.313. The minimum atomic E-state index is -3.55. The molecule has 3 rings (SSSR count). The van der Waals surface area contributed by atoms with E-state index in [1.807, 2.05) is 7.05 Å². The monoisotopic (exact) mass is 476 g/mol. The van der Waals surface area contributed by atoms with E-state index in [9.17, 15) is 18.0 Å². The molecule has 9 nitrogen and oxygen atoms in total. The van der Waals surface area contributed by atoms with E-state index in [-0.39, 0.29) is 10.0 Å². The van der Waals surface area contributed by atoms with Crippen molar-refractivity contribution in [3.8, 4) is 0 Å². The summed E-state index contributed by atoms with van der Waals surface area (Å²) in [4.78, 5) is 26.1. The van der Waals surface area contributed by atoms with Crippen molar-refractivity contribution in [1.82, 2.24) is 14.5 Å². The topological polar surface area (TPSA) is 108 Å². The van der Waals surface area contributed by atoms with Gasteiger partial charge in [0.25, 0.3) is 5.91 Å². The van der Waals surface area contributed by atoms with Gasteiger partial charge >= 0.3 is 5.97 Å². The van der Waals surface area contributed by atoms with Crippen LogP contribution in [0.2, 0.25) is 0 Å². The normalized spacial score (nSPS) is 15.1. The number of ether oxygens (including phenoxy) is 1. The molecule has 0 aliphatic carbocycles. The summed E-state index contributed by atoms with van der Waals surface area (Å²) in [5.41, 5.74) is 1.18. The first kappa shape index (κ1) is 23.8. The number of thiocarbonyl (C=S) groups is 1. The second-order valence-electron chi connectivity index (χ2n) is 7.21. The van der Waals surface area contributed by atoms with E-state index < -0.39 is 21.9 Å². The molecule has 0 spiro atoms. The van der Waals surface area contributed by atoms with Crippen LogP contribution in [0.1, 0.15) is 20.7 Å². The number of hydrogen-bond acceptors (Lipinski definition) is 7. The van der Waals surface area contributed by atoms with E-state index >= 15 is 0 Å². The molecule has 0 unspecified atom stereocenters. The summed E-state index contributed by atoms with van der Waals surface area (Å²) in [6, 6.07) is 12.1. The van der Waals surface area contributed by atoms with Gasteiger partial charge in [-0.2, -0.15) is 4.31 Å². The molecule has 1 aliphatic heterocycles. The van der Waals surface area contributed by atoms with Gasteiger partial charge in [-0.25, -0.2) is 13.2 Å². The van der Waals surface area contributed by atoms with Crippen LogP contribution in [0.15, 0.2) is 53.4 Å². The molecule has 2 aromatic rings. The summed E-state index contributed by atoms with van der Waals surface area (Å²) in [5.74, 6) is -0.944. The van der Waals surface area contributed by atoms with Gasteiger partial charge in [-0.05, 0) is 67.8 Å². The summed E-state index contributed by atoms with van der Waals surface area (Å²) in [5, 5.41) is 5.45. The Morgan fingerprint density at radius 1 is 0.938 bits per heavy atom. The lowest BCUT2D eigenvalue weighted by Gasteiger charge is -2.31. The number of carbonyl (C=O) groups is 2. The SMILES string of the molecule is COC(=O)c1ccc(C(=O)NC(=S)Nc2ccc(S(=O)(=O)N3CCN(C)CC3)cc2)cc1. The smallest absolute Gasteiger partial charge is 0.337 e. The second kappa shape index (κ2) is 10.2. The lowest BCUT2D eigenvalue weighted by molar-refractivity contribution is 0.0600. The average molecular weight is 477 g/mol. The van der Waals surface area contributed by atoms with Crippen LogP contribution in [0.25, 0.3) is 0 Å². The molecule has 2 N–H and O–H groups in total. The summed E-state index contributed by atoms with van der Waals surface area (Å²) < 4.78 is 31.7. The van der Waals surface area contributed by atoms with Gasteiger partial charge in [0.15, 0.2) is 5.11 Å². The Bertz CT molecular complexity index is 1090. The first-order chi connectivity index (χ1) is 15.2. The third-order valence-electron chi connectivity index (χ3n) is 5.01. The van der Waals surface area contributed by atoms with Crippen LogP contribution in [0, 0.1) is 0 Å². The van der Waals surface area contributed by atoms with E-state index in [0.29, 0.717) is 43.0 Å². The zero-order chi connectivity index (χ0) is 23.3. The first-order valence-corrected chi connectivity index (χ1v) is 11.6. The number of rotatable bonds is 5. The molecule has 0 radical (unpaired) electrons. The van der Waals surface area contributed by atoms with Crippen molar-refractivity contribution in [3.63, 3.8) is 0 Å². The third-order valence-corrected chi connectivity index (χ3v) is 7.12. The van der Waals surface area contributed by atoms with E-state index in [1.54, 1.807) is 12.1 Å². The number of anilines is 1. The number of carbonyl (C=O) groups excluding carboxylic acids is 2. The maximum Gasteiger partial charge on any atom is 0.337 e. The van der Waals surface area contributed by atoms with Gasteiger partial charge in [0.05, 0.1) is 17.6 Å². The van der Waals surface area contributed by atoms with E-state index in [1.165, 1.54) is 47.8 Å². The molecule has 1 aliphatic rings. The molecule has 0 bridgehead atoms. The molecule has 2 aromatic carbocycles. The number of hydrogen-bond donors (Lipinski definition) is 2. The van der Waals surface area contributed by atoms with Crippen molar-refractivity contribution in [2.24, 2.45) is 0 Å². The number of likely N-dealkylation sites (N-methyl/N-ethyl adjacent to an activating group) is 1. The Morgan fingerprint density at radius 3 is 2.06 bits per heavy atom. The molecule has 1 saturated heterocycles. The Balaban J connectivity index is 1.58. The van der Waals surface area contributed by atoms with Crippen molar-refractivity contribution >= 4 is 44.9 Å². The first-order valence-electron chi connectivity index (χ1n) is 9.80. The highest BCUT2D eigenvalue weighted by molar-refractivity contribution is 7.89. The van der Waals surface area contributed by atoms with Crippen molar-refractivity contribution in [2.75, 3.05) is 45.7 Å². The van der Waals surface area contributed by atoms with Crippen LogP contribution in [-0.4, -0.2) is 74.9 Å². The maximum absolute atomic E-state index is 12.8. The zero-order valence-electron chi connectivity index (χ0n) is 17.7. The number of sulfonamides is 1. The van der Waals surface area contributed by atoms with Crippen LogP contribution < -0.4 is 10.6 Å². The molecular formula is C21H24N4O5S2. The standard InChI is InChI=1S/C21H24N4O5S2/c1-24-11-13-25(14-12-24)32(28,29)18-9-7-17(8-10-18)22-21(31)23-19(26)15-3-5-16(6-4-15)20(27)30-2/h3-10H,11-14H2,1-2H3,(H2,22,23,26,31). The minimum Gasteiger partial charge on any atom is -0.465 e. The van der Waals surface area contributed by atoms with Gasteiger partial charge in [0.1, 0.15) is 0 Å². The fourth-order valence-corrected chi connectivity index (χ4v) is 4.73. The van der Waals surface area contributed by atoms with Gasteiger partial charge in [-0.3, -0.25) is 10.1 Å². The molecule has 1 amide bonds. The number of esters is 1. The molecule has 0 aromatic heterocycles. The Hall–Kier alpha value is -2.86. The van der Waals surface area contributed by atoms with Crippen molar-refractivity contribution in [1.29, 1.82) is 0 Å². The highest BCUT2D eigenvalue weighted by atomic mass is 32.2. The number of amides is 1. The molecule has 32 heavy (non-hydrogen) atoms. The minimum absolute atomic E-state index is 0.0571. The average Bonchev–Trinajstić information content (AvgIpc) is 2.79. The van der Waals surface area contributed by atoms with Crippen LogP contribution in [0.5, 0.6) is 0 Å². The van der Waals surface area contributed by atoms with Gasteiger partial charge < -0.3 is 15.0 Å². The van der Waals surface area contributed by atoms with Crippen molar-refractivity contribution in [2.45, 2.75) is 4.90 Å². The van der Waals surface area contributed by atoms with Crippen LogP contribution in [0.3, 0.4) is 0 Å². The Kier molecular flexibility index (Phi) is 7.56. The van der Waals surface area contributed by atoms with E-state index in [0.717, 1.165) is 0 Å². The molecule has 1 heterocycles. The van der Waals surface area contributed by atoms with Crippen molar-refractivity contribution in [3.05, 3.63) is 59.7 Å². The summed E-state index contributed by atoms with van der Waals surface area (Å²) >= 11 is 5.17. The highest BCUT2D eigenvalue weighted by Gasteiger charge is 2.27. The lowest BCUT2D eigenvalue weighted by atomic mass is 10.1. The zero-order valence-corrected chi connectivity index (χ0v) is 19.3. The van der Waals surface area contributed by atoms with Gasteiger partial charge in [0, 0.05) is 37.4 Å². The highest BCUT2D eigenvalue weighted by Crippen LogP contribution is 2.19.